The lowest BCUT2D eigenvalue weighted by atomic mass is 10.0. The molecule has 1 aromatic heterocycles. The van der Waals surface area contributed by atoms with Crippen LogP contribution in [0.5, 0.6) is 0 Å². The van der Waals surface area contributed by atoms with Crippen LogP contribution in [0.1, 0.15) is 26.2 Å². The van der Waals surface area contributed by atoms with Gasteiger partial charge in [0.25, 0.3) is 0 Å². The minimum atomic E-state index is 0.598. The van der Waals surface area contributed by atoms with Crippen LogP contribution in [0.2, 0.25) is 0 Å². The molecular formula is C13H22N4O. The lowest BCUT2D eigenvalue weighted by Gasteiger charge is -2.22. The second-order valence-corrected chi connectivity index (χ2v) is 4.68. The lowest BCUT2D eigenvalue weighted by Crippen LogP contribution is -2.24. The molecule has 2 N–H and O–H groups in total. The molecule has 1 fully saturated rings. The van der Waals surface area contributed by atoms with E-state index in [1.165, 1.54) is 12.8 Å². The van der Waals surface area contributed by atoms with Gasteiger partial charge in [0.15, 0.2) is 0 Å². The highest BCUT2D eigenvalue weighted by atomic mass is 16.5. The van der Waals surface area contributed by atoms with E-state index in [9.17, 15) is 0 Å². The fourth-order valence-corrected chi connectivity index (χ4v) is 2.02. The van der Waals surface area contributed by atoms with Crippen LogP contribution in [0.15, 0.2) is 12.4 Å². The average molecular weight is 250 g/mol. The Bertz CT molecular complexity index is 353. The minimum absolute atomic E-state index is 0.598. The zero-order valence-corrected chi connectivity index (χ0v) is 11.0. The summed E-state index contributed by atoms with van der Waals surface area (Å²) in [5.74, 6) is 2.36. The van der Waals surface area contributed by atoms with Crippen molar-refractivity contribution in [3.05, 3.63) is 12.4 Å². The summed E-state index contributed by atoms with van der Waals surface area (Å²) in [5, 5.41) is 6.62. The predicted octanol–water partition coefficient (Wildman–Crippen LogP) is 2.14. The molecule has 0 bridgehead atoms. The third-order valence-corrected chi connectivity index (χ3v) is 3.05. The normalized spacial score (nSPS) is 19.5. The van der Waals surface area contributed by atoms with Gasteiger partial charge in [-0.25, -0.2) is 9.97 Å². The van der Waals surface area contributed by atoms with Gasteiger partial charge in [-0.05, 0) is 25.2 Å². The van der Waals surface area contributed by atoms with Crippen LogP contribution >= 0.6 is 0 Å². The predicted molar refractivity (Wildman–Crippen MR) is 72.8 cm³/mol. The zero-order valence-electron chi connectivity index (χ0n) is 11.0. The second-order valence-electron chi connectivity index (χ2n) is 4.68. The summed E-state index contributed by atoms with van der Waals surface area (Å²) >= 11 is 0. The van der Waals surface area contributed by atoms with Gasteiger partial charge >= 0.3 is 0 Å². The first kappa shape index (κ1) is 13.1. The molecule has 1 saturated heterocycles. The summed E-state index contributed by atoms with van der Waals surface area (Å²) in [7, 11) is 0. The number of hydrogen-bond donors (Lipinski definition) is 2. The van der Waals surface area contributed by atoms with Crippen LogP contribution in [-0.4, -0.2) is 36.3 Å². The van der Waals surface area contributed by atoms with E-state index in [0.717, 1.165) is 44.4 Å². The van der Waals surface area contributed by atoms with Crippen LogP contribution in [0, 0.1) is 5.92 Å². The van der Waals surface area contributed by atoms with Gasteiger partial charge in [0.05, 0.1) is 6.61 Å². The Balaban J connectivity index is 1.80. The quantitative estimate of drug-likeness (QED) is 0.810. The molecule has 1 aromatic rings. The fourth-order valence-electron chi connectivity index (χ4n) is 2.02. The van der Waals surface area contributed by atoms with E-state index in [4.69, 9.17) is 4.74 Å². The van der Waals surface area contributed by atoms with Crippen molar-refractivity contribution < 1.29 is 4.74 Å². The molecule has 0 amide bonds. The van der Waals surface area contributed by atoms with E-state index in [2.05, 4.69) is 27.5 Å². The molecule has 100 valence electrons. The third-order valence-electron chi connectivity index (χ3n) is 3.05. The number of rotatable bonds is 6. The molecular weight excluding hydrogens is 228 g/mol. The summed E-state index contributed by atoms with van der Waals surface area (Å²) in [6.07, 6.45) is 5.09. The van der Waals surface area contributed by atoms with Crippen LogP contribution in [-0.2, 0) is 4.74 Å². The smallest absolute Gasteiger partial charge is 0.131 e. The van der Waals surface area contributed by atoms with Gasteiger partial charge in [-0.2, -0.15) is 0 Å². The molecule has 0 spiro atoms. The Morgan fingerprint density at radius 2 is 2.17 bits per heavy atom. The van der Waals surface area contributed by atoms with Crippen molar-refractivity contribution >= 4 is 11.6 Å². The monoisotopic (exact) mass is 250 g/mol. The second kappa shape index (κ2) is 7.16. The van der Waals surface area contributed by atoms with Gasteiger partial charge in [-0.3, -0.25) is 0 Å². The van der Waals surface area contributed by atoms with Crippen LogP contribution in [0.3, 0.4) is 0 Å². The van der Waals surface area contributed by atoms with E-state index >= 15 is 0 Å². The molecule has 1 atom stereocenters. The zero-order chi connectivity index (χ0) is 12.6. The SMILES string of the molecule is CCCNc1cc(NCC2CCCOC2)ncn1. The first-order chi connectivity index (χ1) is 8.88. The van der Waals surface area contributed by atoms with Crippen molar-refractivity contribution in [1.82, 2.24) is 9.97 Å². The van der Waals surface area contributed by atoms with Crippen molar-refractivity contribution in [2.45, 2.75) is 26.2 Å². The van der Waals surface area contributed by atoms with Crippen molar-refractivity contribution in [3.8, 4) is 0 Å². The summed E-state index contributed by atoms with van der Waals surface area (Å²) in [4.78, 5) is 8.41. The Labute approximate surface area is 108 Å². The highest BCUT2D eigenvalue weighted by Gasteiger charge is 2.13. The number of nitrogens with zero attached hydrogens (tertiary/aromatic N) is 2. The molecule has 5 heteroatoms. The molecule has 1 unspecified atom stereocenters. The summed E-state index contributed by atoms with van der Waals surface area (Å²) < 4.78 is 5.46. The largest absolute Gasteiger partial charge is 0.381 e. The van der Waals surface area contributed by atoms with Crippen molar-refractivity contribution in [3.63, 3.8) is 0 Å². The van der Waals surface area contributed by atoms with E-state index in [1.54, 1.807) is 6.33 Å². The highest BCUT2D eigenvalue weighted by molar-refractivity contribution is 5.46. The summed E-state index contributed by atoms with van der Waals surface area (Å²) in [5.41, 5.74) is 0. The van der Waals surface area contributed by atoms with Gasteiger partial charge in [-0.1, -0.05) is 6.92 Å². The maximum absolute atomic E-state index is 5.46. The first-order valence-electron chi connectivity index (χ1n) is 6.76. The molecule has 0 aromatic carbocycles. The highest BCUT2D eigenvalue weighted by Crippen LogP contribution is 2.15. The number of nitrogens with one attached hydrogen (secondary N) is 2. The molecule has 1 aliphatic heterocycles. The molecule has 1 aliphatic rings. The number of hydrogen-bond acceptors (Lipinski definition) is 5. The molecule has 5 nitrogen and oxygen atoms in total. The maximum atomic E-state index is 5.46. The van der Waals surface area contributed by atoms with Crippen LogP contribution in [0.25, 0.3) is 0 Å². The van der Waals surface area contributed by atoms with Gasteiger partial charge in [0.2, 0.25) is 0 Å². The van der Waals surface area contributed by atoms with E-state index in [-0.39, 0.29) is 0 Å². The van der Waals surface area contributed by atoms with E-state index < -0.39 is 0 Å². The molecule has 0 radical (unpaired) electrons. The van der Waals surface area contributed by atoms with Crippen LogP contribution < -0.4 is 10.6 Å². The molecule has 0 aliphatic carbocycles. The van der Waals surface area contributed by atoms with Gasteiger partial charge in [0, 0.05) is 25.8 Å². The minimum Gasteiger partial charge on any atom is -0.381 e. The van der Waals surface area contributed by atoms with Gasteiger partial charge in [-0.15, -0.1) is 0 Å². The Kier molecular flexibility index (Phi) is 5.20. The maximum Gasteiger partial charge on any atom is 0.131 e. The Morgan fingerprint density at radius 3 is 2.89 bits per heavy atom. The summed E-state index contributed by atoms with van der Waals surface area (Å²) in [6.45, 7) is 5.77. The van der Waals surface area contributed by atoms with Crippen molar-refractivity contribution in [2.75, 3.05) is 36.9 Å². The number of anilines is 2. The summed E-state index contributed by atoms with van der Waals surface area (Å²) in [6, 6.07) is 1.96. The third kappa shape index (κ3) is 4.14. The lowest BCUT2D eigenvalue weighted by molar-refractivity contribution is 0.0595. The topological polar surface area (TPSA) is 59.1 Å². The van der Waals surface area contributed by atoms with Gasteiger partial charge in [0.1, 0.15) is 18.0 Å². The standard InChI is InChI=1S/C13H22N4O/c1-2-5-14-12-7-13(17-10-16-12)15-8-11-4-3-6-18-9-11/h7,10-11H,2-6,8-9H2,1H3,(H2,14,15,16,17). The first-order valence-corrected chi connectivity index (χ1v) is 6.76. The Hall–Kier alpha value is -1.36. The number of ether oxygens (including phenoxy) is 1. The van der Waals surface area contributed by atoms with E-state index in [1.807, 2.05) is 6.07 Å². The number of aromatic nitrogens is 2. The molecule has 18 heavy (non-hydrogen) atoms. The van der Waals surface area contributed by atoms with Crippen molar-refractivity contribution in [1.29, 1.82) is 0 Å². The molecule has 2 heterocycles. The average Bonchev–Trinajstić information content (AvgIpc) is 2.44. The van der Waals surface area contributed by atoms with Crippen LogP contribution in [0.4, 0.5) is 11.6 Å². The van der Waals surface area contributed by atoms with Gasteiger partial charge < -0.3 is 15.4 Å². The van der Waals surface area contributed by atoms with E-state index in [0.29, 0.717) is 5.92 Å². The molecule has 0 saturated carbocycles. The van der Waals surface area contributed by atoms with Crippen molar-refractivity contribution in [2.24, 2.45) is 5.92 Å². The Morgan fingerprint density at radius 1 is 1.33 bits per heavy atom. The fraction of sp³-hybridized carbons (Fsp3) is 0.692. The molecule has 2 rings (SSSR count).